The Morgan fingerprint density at radius 2 is 1.96 bits per heavy atom. The molecule has 4 aromatic rings. The highest BCUT2D eigenvalue weighted by Crippen LogP contribution is 2.16. The van der Waals surface area contributed by atoms with Crippen LogP contribution in [0.3, 0.4) is 0 Å². The Morgan fingerprint density at radius 3 is 2.81 bits per heavy atom. The molecule has 6 nitrogen and oxygen atoms in total. The number of pyridine rings is 1. The number of rotatable bonds is 4. The Morgan fingerprint density at radius 1 is 1.12 bits per heavy atom. The second kappa shape index (κ2) is 6.65. The molecule has 0 bridgehead atoms. The van der Waals surface area contributed by atoms with Gasteiger partial charge in [0.15, 0.2) is 5.65 Å². The summed E-state index contributed by atoms with van der Waals surface area (Å²) in [5.74, 6) is -0.196. The van der Waals surface area contributed by atoms with E-state index in [0.29, 0.717) is 21.9 Å². The summed E-state index contributed by atoms with van der Waals surface area (Å²) < 4.78 is 3.36. The molecule has 0 saturated carbocycles. The summed E-state index contributed by atoms with van der Waals surface area (Å²) in [7, 11) is 0. The number of carbonyl (C=O) groups excluding carboxylic acids is 1. The first-order chi connectivity index (χ1) is 12.6. The van der Waals surface area contributed by atoms with Crippen molar-refractivity contribution in [3.63, 3.8) is 0 Å². The largest absolute Gasteiger partial charge is 0.326 e. The Kier molecular flexibility index (Phi) is 4.18. The fraction of sp³-hybridized carbons (Fsp3) is 0.105. The van der Waals surface area contributed by atoms with Crippen molar-refractivity contribution in [2.24, 2.45) is 0 Å². The number of carbonyl (C=O) groups is 1. The summed E-state index contributed by atoms with van der Waals surface area (Å²) in [6, 6.07) is 14.2. The van der Waals surface area contributed by atoms with Gasteiger partial charge in [0, 0.05) is 36.1 Å². The number of amides is 1. The predicted molar refractivity (Wildman–Crippen MR) is 102 cm³/mol. The second-order valence-electron chi connectivity index (χ2n) is 5.87. The third kappa shape index (κ3) is 2.95. The molecule has 0 unspecified atom stereocenters. The van der Waals surface area contributed by atoms with Gasteiger partial charge in [-0.15, -0.1) is 0 Å². The molecule has 0 radical (unpaired) electrons. The zero-order valence-electron chi connectivity index (χ0n) is 13.7. The smallest absolute Gasteiger partial charge is 0.276 e. The summed E-state index contributed by atoms with van der Waals surface area (Å²) in [6.45, 7) is 0.237. The van der Waals surface area contributed by atoms with Crippen molar-refractivity contribution >= 4 is 39.9 Å². The molecular formula is C19H15ClN4O2. The maximum absolute atomic E-state index is 12.8. The van der Waals surface area contributed by atoms with E-state index >= 15 is 0 Å². The van der Waals surface area contributed by atoms with Gasteiger partial charge in [-0.05, 0) is 42.5 Å². The molecule has 0 fully saturated rings. The topological polar surface area (TPSA) is 68.4 Å². The summed E-state index contributed by atoms with van der Waals surface area (Å²) >= 11 is 5.92. The minimum Gasteiger partial charge on any atom is -0.326 e. The molecule has 0 aliphatic carbocycles. The van der Waals surface area contributed by atoms with Crippen LogP contribution in [0.4, 0.5) is 5.69 Å². The van der Waals surface area contributed by atoms with Crippen molar-refractivity contribution in [2.45, 2.75) is 13.0 Å². The first kappa shape index (κ1) is 16.4. The van der Waals surface area contributed by atoms with Gasteiger partial charge >= 0.3 is 0 Å². The van der Waals surface area contributed by atoms with Crippen molar-refractivity contribution in [3.05, 3.63) is 76.3 Å². The molecule has 26 heavy (non-hydrogen) atoms. The number of fused-ring (bicyclic) bond motifs is 3. The van der Waals surface area contributed by atoms with Crippen LogP contribution >= 0.6 is 11.6 Å². The molecule has 0 saturated heterocycles. The highest BCUT2D eigenvalue weighted by Gasteiger charge is 2.12. The normalized spacial score (nSPS) is 11.1. The highest BCUT2D eigenvalue weighted by atomic mass is 35.5. The number of anilines is 1. The molecule has 7 heteroatoms. The zero-order valence-corrected chi connectivity index (χ0v) is 14.5. The summed E-state index contributed by atoms with van der Waals surface area (Å²) in [5, 5.41) is 3.34. The molecule has 0 spiro atoms. The van der Waals surface area contributed by atoms with Crippen LogP contribution in [0.2, 0.25) is 5.02 Å². The Labute approximate surface area is 153 Å². The number of benzene rings is 1. The molecule has 0 aliphatic rings. The number of aromatic nitrogens is 3. The first-order valence-electron chi connectivity index (χ1n) is 8.13. The lowest BCUT2D eigenvalue weighted by Gasteiger charge is -2.11. The maximum atomic E-state index is 12.8. The van der Waals surface area contributed by atoms with Crippen molar-refractivity contribution < 1.29 is 4.79 Å². The molecule has 0 atom stereocenters. The molecule has 130 valence electrons. The highest BCUT2D eigenvalue weighted by molar-refractivity contribution is 6.30. The summed E-state index contributed by atoms with van der Waals surface area (Å²) in [5.41, 5.74) is 2.39. The van der Waals surface area contributed by atoms with Gasteiger partial charge < -0.3 is 9.72 Å². The van der Waals surface area contributed by atoms with Gasteiger partial charge in [0.1, 0.15) is 5.52 Å². The molecule has 1 N–H and O–H groups in total. The van der Waals surface area contributed by atoms with Gasteiger partial charge in [-0.25, -0.2) is 4.98 Å². The van der Waals surface area contributed by atoms with E-state index in [-0.39, 0.29) is 24.4 Å². The molecule has 1 aromatic carbocycles. The van der Waals surface area contributed by atoms with E-state index < -0.39 is 0 Å². The molecule has 3 aromatic heterocycles. The van der Waals surface area contributed by atoms with E-state index in [1.54, 1.807) is 41.1 Å². The fourth-order valence-corrected chi connectivity index (χ4v) is 3.18. The molecule has 3 heterocycles. The lowest BCUT2D eigenvalue weighted by atomic mass is 10.3. The summed E-state index contributed by atoms with van der Waals surface area (Å²) in [6.07, 6.45) is 3.62. The van der Waals surface area contributed by atoms with E-state index in [1.807, 2.05) is 28.8 Å². The standard InChI is InChI=1S/C19H15ClN4O2/c20-13-4-1-5-14(12-13)22-17(25)8-11-24-18-15(6-2-9-21-18)23-10-3-7-16(23)19(24)26/h1-7,9-10,12H,8,11H2,(H,22,25). The average Bonchev–Trinajstić information content (AvgIpc) is 3.12. The Hall–Kier alpha value is -3.12. The fourth-order valence-electron chi connectivity index (χ4n) is 2.99. The third-order valence-corrected chi connectivity index (χ3v) is 4.40. The SMILES string of the molecule is O=C(CCn1c(=O)c2cccn2c2cccnc21)Nc1cccc(Cl)c1. The number of hydrogen-bond donors (Lipinski definition) is 1. The average molecular weight is 367 g/mol. The quantitative estimate of drug-likeness (QED) is 0.602. The number of aryl methyl sites for hydroxylation is 1. The molecule has 1 amide bonds. The Bertz CT molecular complexity index is 1180. The van der Waals surface area contributed by atoms with Crippen LogP contribution < -0.4 is 10.9 Å². The molecule has 4 rings (SSSR count). The maximum Gasteiger partial charge on any atom is 0.276 e. The number of nitrogens with zero attached hydrogens (tertiary/aromatic N) is 3. The zero-order chi connectivity index (χ0) is 18.1. The van der Waals surface area contributed by atoms with Gasteiger partial charge in [0.2, 0.25) is 5.91 Å². The van der Waals surface area contributed by atoms with Gasteiger partial charge in [-0.1, -0.05) is 17.7 Å². The number of nitrogens with one attached hydrogen (secondary N) is 1. The molecule has 0 aliphatic heterocycles. The van der Waals surface area contributed by atoms with Crippen LogP contribution in [0, 0.1) is 0 Å². The van der Waals surface area contributed by atoms with Crippen molar-refractivity contribution in [3.8, 4) is 0 Å². The summed E-state index contributed by atoms with van der Waals surface area (Å²) in [4.78, 5) is 29.4. The van der Waals surface area contributed by atoms with Crippen LogP contribution in [0.15, 0.2) is 65.7 Å². The number of halogens is 1. The van der Waals surface area contributed by atoms with E-state index in [2.05, 4.69) is 10.3 Å². The monoisotopic (exact) mass is 366 g/mol. The van der Waals surface area contributed by atoms with Gasteiger partial charge in [0.05, 0.1) is 5.52 Å². The minimum atomic E-state index is -0.196. The van der Waals surface area contributed by atoms with E-state index in [0.717, 1.165) is 5.52 Å². The van der Waals surface area contributed by atoms with Crippen LogP contribution in [0.5, 0.6) is 0 Å². The predicted octanol–water partition coefficient (Wildman–Crippen LogP) is 3.33. The van der Waals surface area contributed by atoms with Gasteiger partial charge in [-0.3, -0.25) is 14.2 Å². The van der Waals surface area contributed by atoms with Crippen LogP contribution in [-0.4, -0.2) is 19.9 Å². The van der Waals surface area contributed by atoms with Crippen molar-refractivity contribution in [2.75, 3.05) is 5.32 Å². The second-order valence-corrected chi connectivity index (χ2v) is 6.31. The van der Waals surface area contributed by atoms with Crippen molar-refractivity contribution in [1.29, 1.82) is 0 Å². The lowest BCUT2D eigenvalue weighted by Crippen LogP contribution is -2.25. The lowest BCUT2D eigenvalue weighted by molar-refractivity contribution is -0.116. The van der Waals surface area contributed by atoms with Crippen LogP contribution in [0.25, 0.3) is 16.7 Å². The van der Waals surface area contributed by atoms with Gasteiger partial charge in [-0.2, -0.15) is 0 Å². The Balaban J connectivity index is 1.63. The number of hydrogen-bond acceptors (Lipinski definition) is 3. The van der Waals surface area contributed by atoms with Crippen LogP contribution in [0.1, 0.15) is 6.42 Å². The molecular weight excluding hydrogens is 352 g/mol. The van der Waals surface area contributed by atoms with Gasteiger partial charge in [0.25, 0.3) is 5.56 Å². The van der Waals surface area contributed by atoms with E-state index in [1.165, 1.54) is 0 Å². The minimum absolute atomic E-state index is 0.148. The van der Waals surface area contributed by atoms with E-state index in [9.17, 15) is 9.59 Å². The van der Waals surface area contributed by atoms with E-state index in [4.69, 9.17) is 11.6 Å². The third-order valence-electron chi connectivity index (χ3n) is 4.17. The van der Waals surface area contributed by atoms with Crippen LogP contribution in [-0.2, 0) is 11.3 Å². The first-order valence-corrected chi connectivity index (χ1v) is 8.51. The van der Waals surface area contributed by atoms with Crippen molar-refractivity contribution in [1.82, 2.24) is 14.0 Å².